The molecule has 1 aliphatic rings. The summed E-state index contributed by atoms with van der Waals surface area (Å²) >= 11 is 5.17. The summed E-state index contributed by atoms with van der Waals surface area (Å²) in [7, 11) is 1.76. The van der Waals surface area contributed by atoms with E-state index < -0.39 is 5.54 Å². The number of aryl methyl sites for hydroxylation is 2. The quantitative estimate of drug-likeness (QED) is 0.822. The van der Waals surface area contributed by atoms with Crippen LogP contribution in [0.15, 0.2) is 6.07 Å². The van der Waals surface area contributed by atoms with Crippen LogP contribution >= 0.6 is 12.2 Å². The predicted octanol–water partition coefficient (Wildman–Crippen LogP) is 1.45. The molecule has 1 aliphatic carbocycles. The van der Waals surface area contributed by atoms with Crippen LogP contribution in [-0.2, 0) is 7.05 Å². The van der Waals surface area contributed by atoms with Gasteiger partial charge in [0.05, 0.1) is 16.2 Å². The lowest BCUT2D eigenvalue weighted by molar-refractivity contribution is 0.0898. The van der Waals surface area contributed by atoms with Crippen LogP contribution in [0.3, 0.4) is 0 Å². The highest BCUT2D eigenvalue weighted by atomic mass is 32.1. The molecular weight excluding hydrogens is 260 g/mol. The van der Waals surface area contributed by atoms with Crippen LogP contribution in [0.25, 0.3) is 0 Å². The molecule has 2 rings (SSSR count). The van der Waals surface area contributed by atoms with E-state index in [1.54, 1.807) is 17.8 Å². The van der Waals surface area contributed by atoms with Crippen LogP contribution in [0, 0.1) is 6.92 Å². The molecule has 0 aromatic carbocycles. The number of carbonyl (C=O) groups excluding carboxylic acids is 1. The molecule has 0 radical (unpaired) electrons. The van der Waals surface area contributed by atoms with E-state index in [2.05, 4.69) is 10.4 Å². The predicted molar refractivity (Wildman–Crippen MR) is 78.0 cm³/mol. The first kappa shape index (κ1) is 14.0. The van der Waals surface area contributed by atoms with Crippen molar-refractivity contribution in [3.8, 4) is 0 Å². The molecular formula is C13H20N4OS. The molecule has 0 aliphatic heterocycles. The van der Waals surface area contributed by atoms with Gasteiger partial charge in [0.1, 0.15) is 5.69 Å². The third kappa shape index (κ3) is 2.78. The maximum Gasteiger partial charge on any atom is 0.270 e. The molecule has 1 aromatic rings. The zero-order valence-electron chi connectivity index (χ0n) is 11.4. The van der Waals surface area contributed by atoms with Crippen LogP contribution in [0.2, 0.25) is 0 Å². The molecule has 3 N–H and O–H groups in total. The molecule has 0 unspecified atom stereocenters. The largest absolute Gasteiger partial charge is 0.391 e. The number of nitrogens with two attached hydrogens (primary N) is 1. The van der Waals surface area contributed by atoms with E-state index >= 15 is 0 Å². The fourth-order valence-corrected chi connectivity index (χ4v) is 2.95. The standard InChI is InChI=1S/C13H20N4OS/c1-9-8-10(17(2)16-9)11(18)15-13(12(14)19)6-4-3-5-7-13/h8H,3-7H2,1-2H3,(H2,14,19)(H,15,18). The van der Waals surface area contributed by atoms with Crippen molar-refractivity contribution in [2.45, 2.75) is 44.6 Å². The highest BCUT2D eigenvalue weighted by Gasteiger charge is 2.37. The summed E-state index contributed by atoms with van der Waals surface area (Å²) in [5.74, 6) is -0.155. The maximum absolute atomic E-state index is 12.4. The third-order valence-electron chi connectivity index (χ3n) is 3.77. The summed E-state index contributed by atoms with van der Waals surface area (Å²) in [6, 6.07) is 1.77. The smallest absolute Gasteiger partial charge is 0.270 e. The molecule has 1 aromatic heterocycles. The van der Waals surface area contributed by atoms with Gasteiger partial charge in [-0.05, 0) is 25.8 Å². The van der Waals surface area contributed by atoms with Crippen molar-refractivity contribution in [3.05, 3.63) is 17.5 Å². The van der Waals surface area contributed by atoms with Crippen LogP contribution in [0.4, 0.5) is 0 Å². The molecule has 1 fully saturated rings. The lowest BCUT2D eigenvalue weighted by Gasteiger charge is -2.37. The van der Waals surface area contributed by atoms with E-state index in [1.165, 1.54) is 6.42 Å². The van der Waals surface area contributed by atoms with Crippen molar-refractivity contribution in [1.82, 2.24) is 15.1 Å². The Kier molecular flexibility index (Phi) is 3.89. The van der Waals surface area contributed by atoms with E-state index in [-0.39, 0.29) is 5.91 Å². The normalized spacial score (nSPS) is 18.0. The number of hydrogen-bond acceptors (Lipinski definition) is 3. The van der Waals surface area contributed by atoms with Gasteiger partial charge in [0.2, 0.25) is 0 Å². The van der Waals surface area contributed by atoms with E-state index in [4.69, 9.17) is 18.0 Å². The number of nitrogens with zero attached hydrogens (tertiary/aromatic N) is 2. The monoisotopic (exact) mass is 280 g/mol. The third-order valence-corrected chi connectivity index (χ3v) is 4.16. The van der Waals surface area contributed by atoms with Gasteiger partial charge in [0.25, 0.3) is 5.91 Å². The SMILES string of the molecule is Cc1cc(C(=O)NC2(C(N)=S)CCCCC2)n(C)n1. The van der Waals surface area contributed by atoms with E-state index in [0.29, 0.717) is 10.7 Å². The first-order valence-corrected chi connectivity index (χ1v) is 6.98. The Morgan fingerprint density at radius 3 is 2.58 bits per heavy atom. The van der Waals surface area contributed by atoms with Crippen LogP contribution in [-0.4, -0.2) is 26.2 Å². The molecule has 0 atom stereocenters. The highest BCUT2D eigenvalue weighted by Crippen LogP contribution is 2.29. The summed E-state index contributed by atoms with van der Waals surface area (Å²) < 4.78 is 1.58. The Labute approximate surface area is 118 Å². The van der Waals surface area contributed by atoms with Crippen LogP contribution < -0.4 is 11.1 Å². The highest BCUT2D eigenvalue weighted by molar-refractivity contribution is 7.80. The lowest BCUT2D eigenvalue weighted by atomic mass is 9.81. The Hall–Kier alpha value is -1.43. The van der Waals surface area contributed by atoms with Gasteiger partial charge in [-0.3, -0.25) is 9.48 Å². The molecule has 5 nitrogen and oxygen atoms in total. The molecule has 0 spiro atoms. The lowest BCUT2D eigenvalue weighted by Crippen LogP contribution is -2.57. The second-order valence-corrected chi connectivity index (χ2v) is 5.70. The van der Waals surface area contributed by atoms with Gasteiger partial charge in [-0.25, -0.2) is 0 Å². The van der Waals surface area contributed by atoms with Gasteiger partial charge in [-0.15, -0.1) is 0 Å². The molecule has 0 bridgehead atoms. The molecule has 1 amide bonds. The summed E-state index contributed by atoms with van der Waals surface area (Å²) in [6.45, 7) is 1.86. The number of rotatable bonds is 3. The fraction of sp³-hybridized carbons (Fsp3) is 0.615. The van der Waals surface area contributed by atoms with Gasteiger partial charge in [0, 0.05) is 7.05 Å². The van der Waals surface area contributed by atoms with Gasteiger partial charge in [-0.2, -0.15) is 5.10 Å². The summed E-state index contributed by atoms with van der Waals surface area (Å²) in [5, 5.41) is 7.22. The average Bonchev–Trinajstić information content (AvgIpc) is 2.69. The zero-order chi connectivity index (χ0) is 14.0. The fourth-order valence-electron chi connectivity index (χ4n) is 2.69. The Bertz CT molecular complexity index is 503. The number of thiocarbonyl (C=S) groups is 1. The molecule has 19 heavy (non-hydrogen) atoms. The summed E-state index contributed by atoms with van der Waals surface area (Å²) in [4.78, 5) is 12.8. The minimum absolute atomic E-state index is 0.155. The summed E-state index contributed by atoms with van der Waals surface area (Å²) in [5.41, 5.74) is 6.70. The van der Waals surface area contributed by atoms with Gasteiger partial charge in [0.15, 0.2) is 0 Å². The molecule has 1 saturated carbocycles. The number of carbonyl (C=O) groups is 1. The van der Waals surface area contributed by atoms with Gasteiger partial charge in [-0.1, -0.05) is 31.5 Å². The Balaban J connectivity index is 2.20. The second-order valence-electron chi connectivity index (χ2n) is 5.26. The van der Waals surface area contributed by atoms with Crippen molar-refractivity contribution in [3.63, 3.8) is 0 Å². The second kappa shape index (κ2) is 5.28. The van der Waals surface area contributed by atoms with E-state index in [1.807, 2.05) is 6.92 Å². The van der Waals surface area contributed by atoms with Crippen LogP contribution in [0.5, 0.6) is 0 Å². The van der Waals surface area contributed by atoms with Crippen molar-refractivity contribution in [2.75, 3.05) is 0 Å². The number of nitrogens with one attached hydrogen (secondary N) is 1. The van der Waals surface area contributed by atoms with Crippen molar-refractivity contribution < 1.29 is 4.79 Å². The first-order chi connectivity index (χ1) is 8.94. The first-order valence-electron chi connectivity index (χ1n) is 6.58. The van der Waals surface area contributed by atoms with Gasteiger partial charge >= 0.3 is 0 Å². The Morgan fingerprint density at radius 1 is 1.47 bits per heavy atom. The molecule has 6 heteroatoms. The maximum atomic E-state index is 12.4. The van der Waals surface area contributed by atoms with Gasteiger partial charge < -0.3 is 11.1 Å². The van der Waals surface area contributed by atoms with Crippen molar-refractivity contribution >= 4 is 23.1 Å². The minimum atomic E-state index is -0.525. The topological polar surface area (TPSA) is 72.9 Å². The zero-order valence-corrected chi connectivity index (χ0v) is 12.2. The molecule has 0 saturated heterocycles. The molecule has 1 heterocycles. The van der Waals surface area contributed by atoms with Crippen LogP contribution in [0.1, 0.15) is 48.3 Å². The van der Waals surface area contributed by atoms with Crippen molar-refractivity contribution in [2.24, 2.45) is 12.8 Å². The molecule has 104 valence electrons. The number of aromatic nitrogens is 2. The Morgan fingerprint density at radius 2 is 2.11 bits per heavy atom. The average molecular weight is 280 g/mol. The minimum Gasteiger partial charge on any atom is -0.391 e. The van der Waals surface area contributed by atoms with E-state index in [0.717, 1.165) is 31.4 Å². The van der Waals surface area contributed by atoms with E-state index in [9.17, 15) is 4.79 Å². The summed E-state index contributed by atoms with van der Waals surface area (Å²) in [6.07, 6.45) is 4.91. The number of hydrogen-bond donors (Lipinski definition) is 2. The number of amides is 1. The van der Waals surface area contributed by atoms with Crippen molar-refractivity contribution in [1.29, 1.82) is 0 Å².